The van der Waals surface area contributed by atoms with Crippen LogP contribution in [0.1, 0.15) is 49.3 Å². The predicted octanol–water partition coefficient (Wildman–Crippen LogP) is 4.46. The van der Waals surface area contributed by atoms with Gasteiger partial charge in [0.15, 0.2) is 0 Å². The van der Waals surface area contributed by atoms with E-state index in [1.54, 1.807) is 0 Å². The van der Waals surface area contributed by atoms with Crippen LogP contribution in [0.25, 0.3) is 0 Å². The summed E-state index contributed by atoms with van der Waals surface area (Å²) < 4.78 is 0. The monoisotopic (exact) mass is 277 g/mol. The van der Waals surface area contributed by atoms with Crippen molar-refractivity contribution in [3.8, 4) is 0 Å². The Labute approximate surface area is 122 Å². The van der Waals surface area contributed by atoms with Crippen molar-refractivity contribution in [1.29, 1.82) is 0 Å². The van der Waals surface area contributed by atoms with E-state index < -0.39 is 0 Å². The molecule has 2 rings (SSSR count). The van der Waals surface area contributed by atoms with Crippen LogP contribution in [-0.4, -0.2) is 17.8 Å². The minimum Gasteiger partial charge on any atom is -0.314 e. The van der Waals surface area contributed by atoms with E-state index >= 15 is 0 Å². The molecular formula is C17H27NS. The average Bonchev–Trinajstić information content (AvgIpc) is 2.81. The summed E-state index contributed by atoms with van der Waals surface area (Å²) in [6.07, 6.45) is 5.35. The van der Waals surface area contributed by atoms with Crippen molar-refractivity contribution in [3.05, 3.63) is 34.9 Å². The maximum Gasteiger partial charge on any atom is 0.0187 e. The van der Waals surface area contributed by atoms with Crippen molar-refractivity contribution in [2.45, 2.75) is 63.5 Å². The van der Waals surface area contributed by atoms with Crippen LogP contribution in [0.5, 0.6) is 0 Å². The molecule has 1 aromatic rings. The molecule has 1 saturated carbocycles. The Hall–Kier alpha value is -0.470. The van der Waals surface area contributed by atoms with Crippen LogP contribution < -0.4 is 5.32 Å². The zero-order chi connectivity index (χ0) is 13.7. The lowest BCUT2D eigenvalue weighted by Crippen LogP contribution is -2.27. The molecule has 0 bridgehead atoms. The van der Waals surface area contributed by atoms with Crippen LogP contribution in [0.4, 0.5) is 0 Å². The molecule has 19 heavy (non-hydrogen) atoms. The molecule has 2 heteroatoms. The average molecular weight is 277 g/mol. The van der Waals surface area contributed by atoms with Crippen LogP contribution >= 0.6 is 11.8 Å². The van der Waals surface area contributed by atoms with Gasteiger partial charge in [-0.05, 0) is 51.6 Å². The summed E-state index contributed by atoms with van der Waals surface area (Å²) in [5.41, 5.74) is 4.28. The molecule has 0 aromatic heterocycles. The highest BCUT2D eigenvalue weighted by Crippen LogP contribution is 2.32. The summed E-state index contributed by atoms with van der Waals surface area (Å²) in [5, 5.41) is 4.52. The van der Waals surface area contributed by atoms with Gasteiger partial charge in [-0.25, -0.2) is 0 Å². The summed E-state index contributed by atoms with van der Waals surface area (Å²) in [6.45, 7) is 7.82. The van der Waals surface area contributed by atoms with E-state index in [4.69, 9.17) is 0 Å². The Balaban J connectivity index is 1.77. The molecule has 0 heterocycles. The molecule has 1 N–H and O–H groups in total. The van der Waals surface area contributed by atoms with Gasteiger partial charge >= 0.3 is 0 Å². The topological polar surface area (TPSA) is 12.0 Å². The van der Waals surface area contributed by atoms with E-state index in [-0.39, 0.29) is 0 Å². The minimum atomic E-state index is 0.775. The Morgan fingerprint density at radius 2 is 1.89 bits per heavy atom. The molecule has 1 fully saturated rings. The molecule has 106 valence electrons. The number of rotatable bonds is 6. The number of benzene rings is 1. The number of hydrogen-bond acceptors (Lipinski definition) is 2. The second-order valence-corrected chi connectivity index (χ2v) is 7.18. The first-order valence-electron chi connectivity index (χ1n) is 7.59. The zero-order valence-corrected chi connectivity index (χ0v) is 13.4. The normalized spacial score (nSPS) is 22.9. The van der Waals surface area contributed by atoms with Gasteiger partial charge in [0, 0.05) is 17.0 Å². The van der Waals surface area contributed by atoms with Gasteiger partial charge in [-0.3, -0.25) is 0 Å². The van der Waals surface area contributed by atoms with E-state index in [0.717, 1.165) is 11.3 Å². The molecule has 2 unspecified atom stereocenters. The van der Waals surface area contributed by atoms with Crippen molar-refractivity contribution in [2.24, 2.45) is 0 Å². The van der Waals surface area contributed by atoms with Gasteiger partial charge in [0.05, 0.1) is 0 Å². The second kappa shape index (κ2) is 7.35. The molecule has 1 aromatic carbocycles. The summed E-state index contributed by atoms with van der Waals surface area (Å²) in [6, 6.07) is 7.70. The SMILES string of the molecule is CCCNC1CCC(SCc2cc(C)cc(C)c2)C1. The Bertz CT molecular complexity index is 382. The van der Waals surface area contributed by atoms with Crippen LogP contribution in [0.15, 0.2) is 18.2 Å². The van der Waals surface area contributed by atoms with Crippen LogP contribution in [0, 0.1) is 13.8 Å². The molecule has 0 radical (unpaired) electrons. The second-order valence-electron chi connectivity index (χ2n) is 5.89. The lowest BCUT2D eigenvalue weighted by atomic mass is 10.1. The summed E-state index contributed by atoms with van der Waals surface area (Å²) in [5.74, 6) is 1.17. The van der Waals surface area contributed by atoms with Gasteiger partial charge in [0.1, 0.15) is 0 Å². The highest BCUT2D eigenvalue weighted by atomic mass is 32.2. The van der Waals surface area contributed by atoms with Gasteiger partial charge in [0.2, 0.25) is 0 Å². The van der Waals surface area contributed by atoms with Crippen LogP contribution in [0.3, 0.4) is 0 Å². The Kier molecular flexibility index (Phi) is 5.77. The third kappa shape index (κ3) is 4.85. The highest BCUT2D eigenvalue weighted by molar-refractivity contribution is 7.99. The van der Waals surface area contributed by atoms with Gasteiger partial charge < -0.3 is 5.32 Å². The van der Waals surface area contributed by atoms with Crippen molar-refractivity contribution in [1.82, 2.24) is 5.32 Å². The van der Waals surface area contributed by atoms with Crippen LogP contribution in [-0.2, 0) is 5.75 Å². The molecule has 0 saturated heterocycles. The Morgan fingerprint density at radius 1 is 1.16 bits per heavy atom. The lowest BCUT2D eigenvalue weighted by molar-refractivity contribution is 0.524. The number of thioether (sulfide) groups is 1. The van der Waals surface area contributed by atoms with Gasteiger partial charge in [-0.2, -0.15) is 11.8 Å². The van der Waals surface area contributed by atoms with Gasteiger partial charge in [0.25, 0.3) is 0 Å². The quantitative estimate of drug-likeness (QED) is 0.824. The maximum atomic E-state index is 3.66. The first-order valence-corrected chi connectivity index (χ1v) is 8.64. The number of hydrogen-bond donors (Lipinski definition) is 1. The standard InChI is InChI=1S/C17H27NS/c1-4-7-18-16-5-6-17(11-16)19-12-15-9-13(2)8-14(3)10-15/h8-10,16-18H,4-7,11-12H2,1-3H3. The Morgan fingerprint density at radius 3 is 2.58 bits per heavy atom. The van der Waals surface area contributed by atoms with Crippen molar-refractivity contribution >= 4 is 11.8 Å². The third-order valence-electron chi connectivity index (χ3n) is 3.83. The molecule has 2 atom stereocenters. The van der Waals surface area contributed by atoms with E-state index in [0.29, 0.717) is 0 Å². The maximum absolute atomic E-state index is 3.66. The highest BCUT2D eigenvalue weighted by Gasteiger charge is 2.24. The zero-order valence-electron chi connectivity index (χ0n) is 12.5. The lowest BCUT2D eigenvalue weighted by Gasteiger charge is -2.13. The molecule has 1 aliphatic carbocycles. The number of nitrogens with one attached hydrogen (secondary N) is 1. The molecule has 0 aliphatic heterocycles. The fourth-order valence-electron chi connectivity index (χ4n) is 2.99. The largest absolute Gasteiger partial charge is 0.314 e. The predicted molar refractivity (Wildman–Crippen MR) is 86.9 cm³/mol. The molecule has 1 nitrogen and oxygen atoms in total. The molecule has 1 aliphatic rings. The van der Waals surface area contributed by atoms with E-state index in [1.165, 1.54) is 54.7 Å². The summed E-state index contributed by atoms with van der Waals surface area (Å²) >= 11 is 2.15. The van der Waals surface area contributed by atoms with E-state index in [1.807, 2.05) is 0 Å². The molecular weight excluding hydrogens is 250 g/mol. The third-order valence-corrected chi connectivity index (χ3v) is 5.23. The molecule has 0 spiro atoms. The van der Waals surface area contributed by atoms with Crippen LogP contribution in [0.2, 0.25) is 0 Å². The first-order chi connectivity index (χ1) is 9.17. The summed E-state index contributed by atoms with van der Waals surface area (Å²) in [4.78, 5) is 0. The molecule has 0 amide bonds. The van der Waals surface area contributed by atoms with Crippen molar-refractivity contribution in [2.75, 3.05) is 6.54 Å². The van der Waals surface area contributed by atoms with Gasteiger partial charge in [-0.15, -0.1) is 0 Å². The summed E-state index contributed by atoms with van der Waals surface area (Å²) in [7, 11) is 0. The fraction of sp³-hybridized carbons (Fsp3) is 0.647. The van der Waals surface area contributed by atoms with E-state index in [2.05, 4.69) is 56.0 Å². The van der Waals surface area contributed by atoms with E-state index in [9.17, 15) is 0 Å². The minimum absolute atomic E-state index is 0.775. The smallest absolute Gasteiger partial charge is 0.0187 e. The fourth-order valence-corrected chi connectivity index (χ4v) is 4.26. The van der Waals surface area contributed by atoms with Crippen molar-refractivity contribution < 1.29 is 0 Å². The number of aryl methyl sites for hydroxylation is 2. The van der Waals surface area contributed by atoms with Gasteiger partial charge in [-0.1, -0.05) is 36.2 Å². The van der Waals surface area contributed by atoms with Crippen molar-refractivity contribution in [3.63, 3.8) is 0 Å². The first kappa shape index (κ1) is 14.9.